The monoisotopic (exact) mass is 279 g/mol. The van der Waals surface area contributed by atoms with E-state index < -0.39 is 11.6 Å². The smallest absolute Gasteiger partial charge is 0.224 e. The van der Waals surface area contributed by atoms with Crippen LogP contribution in [-0.4, -0.2) is 23.1 Å². The van der Waals surface area contributed by atoms with Gasteiger partial charge in [-0.2, -0.15) is 0 Å². The van der Waals surface area contributed by atoms with Crippen molar-refractivity contribution >= 4 is 5.82 Å². The fourth-order valence-electron chi connectivity index (χ4n) is 1.51. The third-order valence-corrected chi connectivity index (χ3v) is 2.87. The molecule has 1 aromatic heterocycles. The van der Waals surface area contributed by atoms with E-state index in [1.54, 1.807) is 6.07 Å². The van der Waals surface area contributed by atoms with Gasteiger partial charge in [0.15, 0.2) is 11.6 Å². The summed E-state index contributed by atoms with van der Waals surface area (Å²) in [4.78, 5) is 9.97. The average molecular weight is 279 g/mol. The lowest BCUT2D eigenvalue weighted by molar-refractivity contribution is 0.422. The van der Waals surface area contributed by atoms with Crippen LogP contribution in [0, 0.1) is 11.6 Å². The van der Waals surface area contributed by atoms with Crippen LogP contribution in [0.5, 0.6) is 11.6 Å². The number of nitrogens with zero attached hydrogens (tertiary/aromatic N) is 3. The number of halogens is 2. The number of hydrogen-bond acceptors (Lipinski definition) is 4. The molecule has 0 bridgehead atoms. The van der Waals surface area contributed by atoms with Crippen LogP contribution < -0.4 is 9.64 Å². The summed E-state index contributed by atoms with van der Waals surface area (Å²) in [5.74, 6) is -0.649. The van der Waals surface area contributed by atoms with Crippen molar-refractivity contribution in [3.8, 4) is 11.6 Å². The zero-order chi connectivity index (χ0) is 14.7. The molecule has 0 atom stereocenters. The van der Waals surface area contributed by atoms with Gasteiger partial charge in [-0.25, -0.2) is 18.7 Å². The fraction of sp³-hybridized carbons (Fsp3) is 0.286. The molecule has 2 rings (SSSR count). The van der Waals surface area contributed by atoms with E-state index in [2.05, 4.69) is 9.97 Å². The predicted molar refractivity (Wildman–Crippen MR) is 72.0 cm³/mol. The van der Waals surface area contributed by atoms with E-state index in [1.807, 2.05) is 25.8 Å². The van der Waals surface area contributed by atoms with Crippen molar-refractivity contribution in [1.82, 2.24) is 9.97 Å². The molecule has 0 fully saturated rings. The van der Waals surface area contributed by atoms with Crippen LogP contribution in [0.25, 0.3) is 0 Å². The van der Waals surface area contributed by atoms with Crippen LogP contribution in [0.2, 0.25) is 0 Å². The fourth-order valence-corrected chi connectivity index (χ4v) is 1.51. The van der Waals surface area contributed by atoms with Gasteiger partial charge in [-0.05, 0) is 26.0 Å². The second-order valence-corrected chi connectivity index (χ2v) is 4.60. The molecule has 0 saturated heterocycles. The van der Waals surface area contributed by atoms with Gasteiger partial charge in [-0.1, -0.05) is 0 Å². The minimum Gasteiger partial charge on any atom is -0.436 e. The largest absolute Gasteiger partial charge is 0.436 e. The summed E-state index contributed by atoms with van der Waals surface area (Å²) in [6.07, 6.45) is 1.34. The number of rotatable bonds is 4. The lowest BCUT2D eigenvalue weighted by atomic mass is 10.3. The lowest BCUT2D eigenvalue weighted by Gasteiger charge is -2.22. The van der Waals surface area contributed by atoms with Gasteiger partial charge in [0.05, 0.1) is 0 Å². The number of ether oxygens (including phenoxy) is 1. The normalized spacial score (nSPS) is 10.7. The SMILES string of the molecule is CC(C)N(C)c1cc(Oc2ccc(F)cc2F)ncn1. The quantitative estimate of drug-likeness (QED) is 0.859. The van der Waals surface area contributed by atoms with E-state index in [9.17, 15) is 8.78 Å². The molecule has 2 aromatic rings. The van der Waals surface area contributed by atoms with Gasteiger partial charge in [-0.3, -0.25) is 0 Å². The number of benzene rings is 1. The zero-order valence-electron chi connectivity index (χ0n) is 11.5. The maximum atomic E-state index is 13.5. The number of aromatic nitrogens is 2. The summed E-state index contributed by atoms with van der Waals surface area (Å²) < 4.78 is 31.6. The first-order valence-electron chi connectivity index (χ1n) is 6.15. The van der Waals surface area contributed by atoms with Gasteiger partial charge in [0.1, 0.15) is 18.0 Å². The summed E-state index contributed by atoms with van der Waals surface area (Å²) >= 11 is 0. The third kappa shape index (κ3) is 3.20. The molecule has 0 aliphatic rings. The molecule has 0 saturated carbocycles. The highest BCUT2D eigenvalue weighted by atomic mass is 19.1. The van der Waals surface area contributed by atoms with Crippen LogP contribution >= 0.6 is 0 Å². The molecule has 106 valence electrons. The minimum atomic E-state index is -0.776. The highest BCUT2D eigenvalue weighted by Crippen LogP contribution is 2.25. The van der Waals surface area contributed by atoms with E-state index in [4.69, 9.17) is 4.74 Å². The summed E-state index contributed by atoms with van der Waals surface area (Å²) in [7, 11) is 1.88. The molecule has 0 aliphatic heterocycles. The molecule has 0 N–H and O–H groups in total. The standard InChI is InChI=1S/C14H15F2N3O/c1-9(2)19(3)13-7-14(18-8-17-13)20-12-5-4-10(15)6-11(12)16/h4-9H,1-3H3. The molecule has 0 radical (unpaired) electrons. The predicted octanol–water partition coefficient (Wildman–Crippen LogP) is 3.39. The molecule has 20 heavy (non-hydrogen) atoms. The van der Waals surface area contributed by atoms with Crippen molar-refractivity contribution in [3.63, 3.8) is 0 Å². The van der Waals surface area contributed by atoms with Crippen LogP contribution in [0.3, 0.4) is 0 Å². The molecule has 0 unspecified atom stereocenters. The second-order valence-electron chi connectivity index (χ2n) is 4.60. The first-order valence-corrected chi connectivity index (χ1v) is 6.15. The van der Waals surface area contributed by atoms with Crippen molar-refractivity contribution in [2.75, 3.05) is 11.9 Å². The van der Waals surface area contributed by atoms with Crippen molar-refractivity contribution in [1.29, 1.82) is 0 Å². The maximum absolute atomic E-state index is 13.5. The van der Waals surface area contributed by atoms with Gasteiger partial charge in [0.25, 0.3) is 0 Å². The van der Waals surface area contributed by atoms with Crippen LogP contribution in [0.15, 0.2) is 30.6 Å². The van der Waals surface area contributed by atoms with Gasteiger partial charge in [0.2, 0.25) is 5.88 Å². The number of anilines is 1. The Morgan fingerprint density at radius 2 is 1.90 bits per heavy atom. The first-order chi connectivity index (χ1) is 9.47. The van der Waals surface area contributed by atoms with E-state index >= 15 is 0 Å². The zero-order valence-corrected chi connectivity index (χ0v) is 11.5. The van der Waals surface area contributed by atoms with Gasteiger partial charge in [-0.15, -0.1) is 0 Å². The molecule has 1 heterocycles. The molecule has 4 nitrogen and oxygen atoms in total. The van der Waals surface area contributed by atoms with Crippen LogP contribution in [0.4, 0.5) is 14.6 Å². The molecular weight excluding hydrogens is 264 g/mol. The van der Waals surface area contributed by atoms with E-state index in [0.29, 0.717) is 5.82 Å². The van der Waals surface area contributed by atoms with Crippen LogP contribution in [0.1, 0.15) is 13.8 Å². The Balaban J connectivity index is 2.23. The Morgan fingerprint density at radius 3 is 2.55 bits per heavy atom. The summed E-state index contributed by atoms with van der Waals surface area (Å²) in [6, 6.07) is 4.96. The summed E-state index contributed by atoms with van der Waals surface area (Å²) in [5.41, 5.74) is 0. The summed E-state index contributed by atoms with van der Waals surface area (Å²) in [6.45, 7) is 4.03. The Labute approximate surface area is 116 Å². The van der Waals surface area contributed by atoms with Crippen molar-refractivity contribution in [3.05, 3.63) is 42.2 Å². The average Bonchev–Trinajstić information content (AvgIpc) is 2.41. The van der Waals surface area contributed by atoms with Crippen LogP contribution in [-0.2, 0) is 0 Å². The Morgan fingerprint density at radius 1 is 1.15 bits per heavy atom. The first kappa shape index (κ1) is 14.2. The molecule has 0 amide bonds. The Kier molecular flexibility index (Phi) is 4.12. The highest BCUT2D eigenvalue weighted by Gasteiger charge is 2.11. The topological polar surface area (TPSA) is 38.2 Å². The second kappa shape index (κ2) is 5.81. The van der Waals surface area contributed by atoms with E-state index in [-0.39, 0.29) is 17.7 Å². The van der Waals surface area contributed by atoms with Gasteiger partial charge < -0.3 is 9.64 Å². The third-order valence-electron chi connectivity index (χ3n) is 2.87. The van der Waals surface area contributed by atoms with Gasteiger partial charge >= 0.3 is 0 Å². The molecule has 1 aromatic carbocycles. The molecular formula is C14H15F2N3O. The minimum absolute atomic E-state index is 0.0803. The Hall–Kier alpha value is -2.24. The summed E-state index contributed by atoms with van der Waals surface area (Å²) in [5, 5.41) is 0. The highest BCUT2D eigenvalue weighted by molar-refractivity contribution is 5.42. The molecule has 0 aliphatic carbocycles. The van der Waals surface area contributed by atoms with Crippen molar-refractivity contribution < 1.29 is 13.5 Å². The van der Waals surface area contributed by atoms with E-state index in [0.717, 1.165) is 12.1 Å². The molecule has 0 spiro atoms. The van der Waals surface area contributed by atoms with Crippen molar-refractivity contribution in [2.24, 2.45) is 0 Å². The number of hydrogen-bond donors (Lipinski definition) is 0. The lowest BCUT2D eigenvalue weighted by Crippen LogP contribution is -2.26. The van der Waals surface area contributed by atoms with E-state index in [1.165, 1.54) is 12.4 Å². The van der Waals surface area contributed by atoms with Gasteiger partial charge in [0, 0.05) is 25.2 Å². The Bertz CT molecular complexity index is 605. The van der Waals surface area contributed by atoms with Crippen molar-refractivity contribution in [2.45, 2.75) is 19.9 Å². The molecule has 6 heteroatoms. The maximum Gasteiger partial charge on any atom is 0.224 e.